The van der Waals surface area contributed by atoms with Crippen LogP contribution in [-0.2, 0) is 22.8 Å². The number of unbranched alkanes of at least 4 members (excludes halogenated alkanes) is 6. The largest absolute Gasteiger partial charge is 0.501 e. The topological polar surface area (TPSA) is 49.5 Å². The maximum atomic E-state index is 6.91. The Morgan fingerprint density at radius 3 is 1.36 bits per heavy atom. The van der Waals surface area contributed by atoms with E-state index in [1.54, 1.807) is 0 Å². The van der Waals surface area contributed by atoms with Crippen LogP contribution in [0.1, 0.15) is 144 Å². The van der Waals surface area contributed by atoms with Gasteiger partial charge >= 0.3 is 8.80 Å². The number of hydrogen-bond acceptors (Lipinski definition) is 5. The summed E-state index contributed by atoms with van der Waals surface area (Å²) >= 11 is 0. The summed E-state index contributed by atoms with van der Waals surface area (Å²) < 4.78 is 32.0. The average Bonchev–Trinajstić information content (AvgIpc) is 3.78. The standard InChI is InChI=1S/C33H68O5Si/c1-7-13-16-20-30(10-4)25-36-39(24-19-23-34-28-33-29-35-33,37-26-31(11-5)21-17-14-8-2)38-27-32(12-6)22-18-15-9-3/h30-33H,7-29H2,1-6H3. The van der Waals surface area contributed by atoms with Gasteiger partial charge in [-0.15, -0.1) is 0 Å². The molecule has 1 aliphatic rings. The highest BCUT2D eigenvalue weighted by molar-refractivity contribution is 6.60. The number of epoxide rings is 1. The van der Waals surface area contributed by atoms with Gasteiger partial charge in [0.25, 0.3) is 0 Å². The van der Waals surface area contributed by atoms with Crippen molar-refractivity contribution >= 4 is 8.80 Å². The average molecular weight is 573 g/mol. The summed E-state index contributed by atoms with van der Waals surface area (Å²) in [6.45, 7) is 18.3. The number of hydrogen-bond donors (Lipinski definition) is 0. The van der Waals surface area contributed by atoms with Gasteiger partial charge in [-0.05, 0) is 43.4 Å². The fourth-order valence-electron chi connectivity index (χ4n) is 5.11. The van der Waals surface area contributed by atoms with Gasteiger partial charge in [0.2, 0.25) is 0 Å². The van der Waals surface area contributed by atoms with Crippen molar-refractivity contribution in [2.45, 2.75) is 156 Å². The van der Waals surface area contributed by atoms with Crippen LogP contribution >= 0.6 is 0 Å². The lowest BCUT2D eigenvalue weighted by Gasteiger charge is -2.34. The molecule has 0 bridgehead atoms. The van der Waals surface area contributed by atoms with Crippen molar-refractivity contribution in [3.63, 3.8) is 0 Å². The van der Waals surface area contributed by atoms with Crippen LogP contribution in [0.5, 0.6) is 0 Å². The first-order chi connectivity index (χ1) is 19.1. The Balaban J connectivity index is 2.94. The van der Waals surface area contributed by atoms with E-state index in [9.17, 15) is 0 Å². The van der Waals surface area contributed by atoms with E-state index in [1.807, 2.05) is 0 Å². The van der Waals surface area contributed by atoms with Gasteiger partial charge in [-0.2, -0.15) is 0 Å². The van der Waals surface area contributed by atoms with Gasteiger partial charge in [0.05, 0.1) is 13.2 Å². The van der Waals surface area contributed by atoms with E-state index >= 15 is 0 Å². The first-order valence-corrected chi connectivity index (χ1v) is 19.1. The summed E-state index contributed by atoms with van der Waals surface area (Å²) in [6.07, 6.45) is 20.0. The van der Waals surface area contributed by atoms with Crippen LogP contribution in [0.4, 0.5) is 0 Å². The summed E-state index contributed by atoms with van der Waals surface area (Å²) in [5.41, 5.74) is 0. The third-order valence-electron chi connectivity index (χ3n) is 8.47. The second kappa shape index (κ2) is 24.6. The SMILES string of the molecule is CCCCCC(CC)CO[Si](CCCOCC1CO1)(OCC(CC)CCCCC)OCC(CC)CCCCC. The molecule has 1 fully saturated rings. The molecule has 0 radical (unpaired) electrons. The zero-order valence-electron chi connectivity index (χ0n) is 27.1. The van der Waals surface area contributed by atoms with Crippen molar-refractivity contribution in [2.75, 3.05) is 39.6 Å². The zero-order chi connectivity index (χ0) is 28.6. The van der Waals surface area contributed by atoms with Crippen LogP contribution in [0, 0.1) is 17.8 Å². The number of ether oxygens (including phenoxy) is 2. The van der Waals surface area contributed by atoms with Crippen molar-refractivity contribution in [3.8, 4) is 0 Å². The molecule has 0 aromatic rings. The van der Waals surface area contributed by atoms with Crippen LogP contribution in [0.2, 0.25) is 6.04 Å². The lowest BCUT2D eigenvalue weighted by atomic mass is 10.00. The molecule has 0 aromatic carbocycles. The summed E-state index contributed by atoms with van der Waals surface area (Å²) in [5.74, 6) is 1.74. The Hall–Kier alpha value is 0.0169. The van der Waals surface area contributed by atoms with E-state index in [0.717, 1.165) is 64.8 Å². The Bertz CT molecular complexity index is 475. The van der Waals surface area contributed by atoms with Crippen LogP contribution in [0.15, 0.2) is 0 Å². The molecule has 1 aliphatic heterocycles. The molecular formula is C33H68O5Si. The molecule has 0 aliphatic carbocycles. The Morgan fingerprint density at radius 2 is 1.03 bits per heavy atom. The fourth-order valence-corrected chi connectivity index (χ4v) is 7.84. The Kier molecular flexibility index (Phi) is 23.4. The van der Waals surface area contributed by atoms with E-state index in [-0.39, 0.29) is 0 Å². The van der Waals surface area contributed by atoms with Crippen molar-refractivity contribution in [2.24, 2.45) is 17.8 Å². The smallest absolute Gasteiger partial charge is 0.379 e. The van der Waals surface area contributed by atoms with Crippen LogP contribution in [-0.4, -0.2) is 54.5 Å². The summed E-state index contributed by atoms with van der Waals surface area (Å²) in [6, 6.07) is 0.848. The van der Waals surface area contributed by atoms with E-state index < -0.39 is 8.80 Å². The summed E-state index contributed by atoms with van der Waals surface area (Å²) in [5, 5.41) is 0. The minimum Gasteiger partial charge on any atom is -0.379 e. The van der Waals surface area contributed by atoms with E-state index in [4.69, 9.17) is 22.8 Å². The third kappa shape index (κ3) is 18.9. The first-order valence-electron chi connectivity index (χ1n) is 17.2. The van der Waals surface area contributed by atoms with Crippen molar-refractivity contribution < 1.29 is 22.8 Å². The van der Waals surface area contributed by atoms with Crippen molar-refractivity contribution in [1.82, 2.24) is 0 Å². The molecule has 1 saturated heterocycles. The molecule has 39 heavy (non-hydrogen) atoms. The van der Waals surface area contributed by atoms with Crippen LogP contribution in [0.25, 0.3) is 0 Å². The molecule has 1 rings (SSSR count). The first kappa shape index (κ1) is 37.0. The lowest BCUT2D eigenvalue weighted by Crippen LogP contribution is -2.49. The quantitative estimate of drug-likeness (QED) is 0.0487. The van der Waals surface area contributed by atoms with Gasteiger partial charge < -0.3 is 22.8 Å². The second-order valence-corrected chi connectivity index (χ2v) is 14.8. The molecule has 0 aromatic heterocycles. The predicted molar refractivity (Wildman–Crippen MR) is 167 cm³/mol. The highest BCUT2D eigenvalue weighted by atomic mass is 28.4. The van der Waals surface area contributed by atoms with Crippen LogP contribution in [0.3, 0.4) is 0 Å². The van der Waals surface area contributed by atoms with Gasteiger partial charge in [-0.3, -0.25) is 0 Å². The van der Waals surface area contributed by atoms with Crippen LogP contribution < -0.4 is 0 Å². The maximum Gasteiger partial charge on any atom is 0.501 e. The summed E-state index contributed by atoms with van der Waals surface area (Å²) in [7, 11) is -2.85. The molecule has 1 heterocycles. The lowest BCUT2D eigenvalue weighted by molar-refractivity contribution is 0.0216. The third-order valence-corrected chi connectivity index (χ3v) is 11.3. The molecule has 6 heteroatoms. The fraction of sp³-hybridized carbons (Fsp3) is 1.00. The normalized spacial score (nSPS) is 19.1. The molecule has 234 valence electrons. The highest BCUT2D eigenvalue weighted by Crippen LogP contribution is 2.27. The monoisotopic (exact) mass is 572 g/mol. The molecule has 0 spiro atoms. The van der Waals surface area contributed by atoms with Crippen molar-refractivity contribution in [3.05, 3.63) is 0 Å². The van der Waals surface area contributed by atoms with Gasteiger partial charge in [0.1, 0.15) is 6.10 Å². The second-order valence-electron chi connectivity index (χ2n) is 12.1. The predicted octanol–water partition coefficient (Wildman–Crippen LogP) is 9.60. The summed E-state index contributed by atoms with van der Waals surface area (Å²) in [4.78, 5) is 0. The molecule has 0 amide bonds. The van der Waals surface area contributed by atoms with E-state index in [0.29, 0.717) is 30.5 Å². The molecular weight excluding hydrogens is 504 g/mol. The Labute approximate surface area is 245 Å². The van der Waals surface area contributed by atoms with Crippen molar-refractivity contribution in [1.29, 1.82) is 0 Å². The molecule has 4 atom stereocenters. The number of rotatable bonds is 30. The molecule has 0 N–H and O–H groups in total. The van der Waals surface area contributed by atoms with Gasteiger partial charge in [-0.1, -0.05) is 119 Å². The minimum atomic E-state index is -2.85. The van der Waals surface area contributed by atoms with Gasteiger partial charge in [0, 0.05) is 32.5 Å². The minimum absolute atomic E-state index is 0.311. The van der Waals surface area contributed by atoms with Gasteiger partial charge in [0.15, 0.2) is 0 Å². The zero-order valence-corrected chi connectivity index (χ0v) is 28.1. The molecule has 5 nitrogen and oxygen atoms in total. The van der Waals surface area contributed by atoms with E-state index in [2.05, 4.69) is 41.5 Å². The Morgan fingerprint density at radius 1 is 0.615 bits per heavy atom. The highest BCUT2D eigenvalue weighted by Gasteiger charge is 2.42. The van der Waals surface area contributed by atoms with E-state index in [1.165, 1.54) is 77.0 Å². The van der Waals surface area contributed by atoms with Gasteiger partial charge in [-0.25, -0.2) is 0 Å². The molecule has 0 saturated carbocycles. The maximum absolute atomic E-state index is 6.91. The molecule has 4 unspecified atom stereocenters.